The highest BCUT2D eigenvalue weighted by atomic mass is 16.5. The fourth-order valence-electron chi connectivity index (χ4n) is 6.68. The normalized spacial score (nSPS) is 12.7. The van der Waals surface area contributed by atoms with Crippen LogP contribution in [-0.4, -0.2) is 29.9 Å². The van der Waals surface area contributed by atoms with E-state index in [1.807, 2.05) is 133 Å². The van der Waals surface area contributed by atoms with Crippen LogP contribution in [0.1, 0.15) is 25.0 Å². The molecule has 0 radical (unpaired) electrons. The summed E-state index contributed by atoms with van der Waals surface area (Å²) in [5, 5.41) is 0. The van der Waals surface area contributed by atoms with Crippen molar-refractivity contribution in [3.05, 3.63) is 169 Å². The van der Waals surface area contributed by atoms with Crippen molar-refractivity contribution in [1.82, 2.24) is 29.9 Å². The SMILES string of the molecule is CC1(C)c2ccccc2Oc2cc(-c3nc(-c4ccccc4)nc(-c4cccc(-c5nc(-c6ccccc6)nc(-c6ccccc6)n5)c4)n3)ccc21. The zero-order valence-electron chi connectivity index (χ0n) is 28.6. The fourth-order valence-corrected chi connectivity index (χ4v) is 6.68. The lowest BCUT2D eigenvalue weighted by Gasteiger charge is -2.34. The first kappa shape index (κ1) is 31.1. The molecule has 8 aromatic rings. The van der Waals surface area contributed by atoms with E-state index in [-0.39, 0.29) is 5.41 Å². The molecule has 0 amide bonds. The summed E-state index contributed by atoms with van der Waals surface area (Å²) in [6.07, 6.45) is 0. The van der Waals surface area contributed by atoms with Crippen LogP contribution in [0, 0.1) is 0 Å². The molecule has 0 aliphatic carbocycles. The maximum Gasteiger partial charge on any atom is 0.164 e. The van der Waals surface area contributed by atoms with E-state index in [1.165, 1.54) is 0 Å². The summed E-state index contributed by atoms with van der Waals surface area (Å²) in [5.74, 6) is 5.08. The summed E-state index contributed by atoms with van der Waals surface area (Å²) >= 11 is 0. The highest BCUT2D eigenvalue weighted by molar-refractivity contribution is 5.73. The minimum Gasteiger partial charge on any atom is -0.457 e. The number of aromatic nitrogens is 6. The summed E-state index contributed by atoms with van der Waals surface area (Å²) in [4.78, 5) is 29.8. The molecule has 1 aliphatic rings. The van der Waals surface area contributed by atoms with Crippen molar-refractivity contribution >= 4 is 0 Å². The van der Waals surface area contributed by atoms with Gasteiger partial charge in [0.1, 0.15) is 11.5 Å². The van der Waals surface area contributed by atoms with E-state index in [4.69, 9.17) is 34.6 Å². The van der Waals surface area contributed by atoms with Crippen LogP contribution in [0.3, 0.4) is 0 Å². The van der Waals surface area contributed by atoms with Crippen LogP contribution in [0.15, 0.2) is 158 Å². The lowest BCUT2D eigenvalue weighted by atomic mass is 9.75. The van der Waals surface area contributed by atoms with Crippen LogP contribution in [0.2, 0.25) is 0 Å². The second-order valence-corrected chi connectivity index (χ2v) is 13.2. The molecule has 0 fully saturated rings. The van der Waals surface area contributed by atoms with Crippen molar-refractivity contribution in [2.45, 2.75) is 19.3 Å². The second kappa shape index (κ2) is 12.8. The predicted molar refractivity (Wildman–Crippen MR) is 204 cm³/mol. The minimum atomic E-state index is -0.224. The third-order valence-electron chi connectivity index (χ3n) is 9.44. The van der Waals surface area contributed by atoms with E-state index in [0.29, 0.717) is 34.9 Å². The fraction of sp³-hybridized carbons (Fsp3) is 0.0667. The van der Waals surface area contributed by atoms with Gasteiger partial charge in [0.05, 0.1) is 0 Å². The zero-order chi connectivity index (χ0) is 35.1. The first-order valence-electron chi connectivity index (χ1n) is 17.2. The number of hydrogen-bond donors (Lipinski definition) is 0. The first-order chi connectivity index (χ1) is 25.5. The van der Waals surface area contributed by atoms with E-state index in [2.05, 4.69) is 38.1 Å². The van der Waals surface area contributed by atoms with Gasteiger partial charge in [0.2, 0.25) is 0 Å². The topological polar surface area (TPSA) is 86.6 Å². The van der Waals surface area contributed by atoms with Crippen LogP contribution in [0.5, 0.6) is 11.5 Å². The molecule has 6 aromatic carbocycles. The standard InChI is InChI=1S/C45H32N6O/c1-45(2)35-23-12-13-24-37(35)52-38-28-34(25-26-36(38)45)44-50-41(31-19-10-5-11-20-31)49-43(51-44)33-22-14-21-32(27-33)42-47-39(29-15-6-3-7-16-29)46-40(48-42)30-17-8-4-9-18-30/h3-28H,1-2H3. The van der Waals surface area contributed by atoms with Crippen molar-refractivity contribution in [1.29, 1.82) is 0 Å². The smallest absolute Gasteiger partial charge is 0.164 e. The van der Waals surface area contributed by atoms with Gasteiger partial charge >= 0.3 is 0 Å². The Morgan fingerprint density at radius 1 is 0.327 bits per heavy atom. The Bertz CT molecular complexity index is 2520. The maximum absolute atomic E-state index is 6.46. The van der Waals surface area contributed by atoms with Crippen molar-refractivity contribution < 1.29 is 4.74 Å². The predicted octanol–water partition coefficient (Wildman–Crippen LogP) is 10.5. The highest BCUT2D eigenvalue weighted by Gasteiger charge is 2.34. The first-order valence-corrected chi connectivity index (χ1v) is 17.2. The summed E-state index contributed by atoms with van der Waals surface area (Å²) in [6.45, 7) is 4.46. The van der Waals surface area contributed by atoms with E-state index >= 15 is 0 Å². The summed E-state index contributed by atoms with van der Waals surface area (Å²) in [7, 11) is 0. The molecular formula is C45H32N6O. The monoisotopic (exact) mass is 672 g/mol. The van der Waals surface area contributed by atoms with E-state index in [0.717, 1.165) is 56.0 Å². The Kier molecular flexibility index (Phi) is 7.66. The molecule has 0 unspecified atom stereocenters. The van der Waals surface area contributed by atoms with Gasteiger partial charge in [-0.05, 0) is 18.2 Å². The van der Waals surface area contributed by atoms with Gasteiger partial charge in [0, 0.05) is 49.9 Å². The quantitative estimate of drug-likeness (QED) is 0.174. The maximum atomic E-state index is 6.46. The Hall–Kier alpha value is -6.86. The molecule has 0 spiro atoms. The number of hydrogen-bond acceptors (Lipinski definition) is 7. The molecule has 7 nitrogen and oxygen atoms in total. The molecule has 9 rings (SSSR count). The second-order valence-electron chi connectivity index (χ2n) is 13.2. The molecule has 7 heteroatoms. The summed E-state index contributed by atoms with van der Waals surface area (Å²) in [6, 6.07) is 52.4. The minimum absolute atomic E-state index is 0.224. The number of ether oxygens (including phenoxy) is 1. The highest BCUT2D eigenvalue weighted by Crippen LogP contribution is 2.48. The Morgan fingerprint density at radius 3 is 1.17 bits per heavy atom. The molecule has 52 heavy (non-hydrogen) atoms. The molecular weight excluding hydrogens is 641 g/mol. The van der Waals surface area contributed by atoms with Gasteiger partial charge < -0.3 is 4.74 Å². The molecule has 0 bridgehead atoms. The lowest BCUT2D eigenvalue weighted by molar-refractivity contribution is 0.418. The van der Waals surface area contributed by atoms with Gasteiger partial charge in [0.15, 0.2) is 34.9 Å². The average molecular weight is 673 g/mol. The molecule has 3 heterocycles. The van der Waals surface area contributed by atoms with Gasteiger partial charge in [-0.2, -0.15) is 0 Å². The van der Waals surface area contributed by atoms with E-state index in [1.54, 1.807) is 0 Å². The van der Waals surface area contributed by atoms with Crippen LogP contribution in [-0.2, 0) is 5.41 Å². The molecule has 0 saturated carbocycles. The Morgan fingerprint density at radius 2 is 0.692 bits per heavy atom. The molecule has 248 valence electrons. The van der Waals surface area contributed by atoms with Gasteiger partial charge in [0.25, 0.3) is 0 Å². The van der Waals surface area contributed by atoms with E-state index in [9.17, 15) is 0 Å². The summed E-state index contributed by atoms with van der Waals surface area (Å²) in [5.41, 5.74) is 7.24. The van der Waals surface area contributed by atoms with Crippen LogP contribution >= 0.6 is 0 Å². The number of nitrogens with zero attached hydrogens (tertiary/aromatic N) is 6. The molecule has 1 aliphatic heterocycles. The van der Waals surface area contributed by atoms with Crippen molar-refractivity contribution in [3.8, 4) is 79.8 Å². The lowest BCUT2D eigenvalue weighted by Crippen LogP contribution is -2.24. The number of fused-ring (bicyclic) bond motifs is 2. The molecule has 0 atom stereocenters. The van der Waals surface area contributed by atoms with Gasteiger partial charge in [-0.25, -0.2) is 29.9 Å². The summed E-state index contributed by atoms with van der Waals surface area (Å²) < 4.78 is 6.46. The van der Waals surface area contributed by atoms with Crippen molar-refractivity contribution in [2.75, 3.05) is 0 Å². The Balaban J connectivity index is 1.17. The number of para-hydroxylation sites is 1. The van der Waals surface area contributed by atoms with Gasteiger partial charge in [-0.15, -0.1) is 0 Å². The van der Waals surface area contributed by atoms with Crippen LogP contribution in [0.4, 0.5) is 0 Å². The van der Waals surface area contributed by atoms with Crippen LogP contribution in [0.25, 0.3) is 68.3 Å². The van der Waals surface area contributed by atoms with Gasteiger partial charge in [-0.1, -0.05) is 153 Å². The zero-order valence-corrected chi connectivity index (χ0v) is 28.6. The molecule has 0 N–H and O–H groups in total. The third kappa shape index (κ3) is 5.78. The number of rotatable bonds is 6. The molecule has 0 saturated heterocycles. The van der Waals surface area contributed by atoms with Crippen molar-refractivity contribution in [2.24, 2.45) is 0 Å². The van der Waals surface area contributed by atoms with Crippen molar-refractivity contribution in [3.63, 3.8) is 0 Å². The third-order valence-corrected chi connectivity index (χ3v) is 9.44. The largest absolute Gasteiger partial charge is 0.457 e. The van der Waals surface area contributed by atoms with E-state index < -0.39 is 0 Å². The molecule has 2 aromatic heterocycles. The number of benzene rings is 6. The van der Waals surface area contributed by atoms with Crippen LogP contribution < -0.4 is 4.74 Å². The average Bonchev–Trinajstić information content (AvgIpc) is 3.21. The Labute approximate surface area is 301 Å². The van der Waals surface area contributed by atoms with Gasteiger partial charge in [-0.3, -0.25) is 0 Å².